The molecule has 104 valence electrons. The highest BCUT2D eigenvalue weighted by molar-refractivity contribution is 7.98. The van der Waals surface area contributed by atoms with E-state index in [0.717, 1.165) is 0 Å². The molecule has 0 radical (unpaired) electrons. The van der Waals surface area contributed by atoms with Crippen molar-refractivity contribution >= 4 is 34.9 Å². The number of nitro groups is 1. The first kappa shape index (κ1) is 14.4. The first-order chi connectivity index (χ1) is 9.49. The van der Waals surface area contributed by atoms with E-state index < -0.39 is 4.92 Å². The van der Waals surface area contributed by atoms with Gasteiger partial charge in [-0.1, -0.05) is 23.4 Å². The van der Waals surface area contributed by atoms with Gasteiger partial charge in [0.05, 0.1) is 9.95 Å². The predicted molar refractivity (Wildman–Crippen MR) is 76.4 cm³/mol. The summed E-state index contributed by atoms with van der Waals surface area (Å²) in [6.45, 7) is 0. The molecule has 0 spiro atoms. The lowest BCUT2D eigenvalue weighted by molar-refractivity contribution is -0.384. The van der Waals surface area contributed by atoms with Gasteiger partial charge in [0.1, 0.15) is 11.6 Å². The first-order valence-corrected chi connectivity index (χ1v) is 6.90. The van der Waals surface area contributed by atoms with Crippen LogP contribution in [0.1, 0.15) is 0 Å². The average Bonchev–Trinajstić information content (AvgIpc) is 2.40. The van der Waals surface area contributed by atoms with Gasteiger partial charge in [-0.3, -0.25) is 10.1 Å². The van der Waals surface area contributed by atoms with E-state index in [1.54, 1.807) is 6.26 Å². The largest absolute Gasteiger partial charge is 0.437 e. The maximum Gasteiger partial charge on any atom is 0.271 e. The number of rotatable bonds is 4. The van der Waals surface area contributed by atoms with Crippen molar-refractivity contribution in [2.45, 2.75) is 5.16 Å². The molecule has 0 aliphatic rings. The fraction of sp³-hybridized carbons (Fsp3) is 0.0909. The second-order valence-corrected chi connectivity index (χ2v) is 4.77. The van der Waals surface area contributed by atoms with Crippen molar-refractivity contribution in [2.75, 3.05) is 12.0 Å². The standard InChI is InChI=1S/C11H9ClN4O3S/c1-20-11-14-9(13)5-10(15-11)19-8-3-2-6(16(17)18)4-7(8)12/h2-5H,1H3,(H2,13,14,15). The molecule has 2 aromatic rings. The highest BCUT2D eigenvalue weighted by atomic mass is 35.5. The molecule has 0 fully saturated rings. The molecular formula is C11H9ClN4O3S. The van der Waals surface area contributed by atoms with Crippen molar-refractivity contribution in [2.24, 2.45) is 0 Å². The Kier molecular flexibility index (Phi) is 4.26. The van der Waals surface area contributed by atoms with E-state index in [1.165, 1.54) is 36.0 Å². The Hall–Kier alpha value is -2.06. The van der Waals surface area contributed by atoms with Gasteiger partial charge in [-0.2, -0.15) is 4.98 Å². The normalized spacial score (nSPS) is 10.3. The van der Waals surface area contributed by atoms with Gasteiger partial charge in [-0.05, 0) is 12.3 Å². The molecule has 0 aliphatic carbocycles. The maximum atomic E-state index is 10.6. The summed E-state index contributed by atoms with van der Waals surface area (Å²) in [5.41, 5.74) is 5.51. The monoisotopic (exact) mass is 312 g/mol. The molecule has 0 aliphatic heterocycles. The zero-order chi connectivity index (χ0) is 14.7. The van der Waals surface area contributed by atoms with Crippen LogP contribution >= 0.6 is 23.4 Å². The fourth-order valence-corrected chi connectivity index (χ4v) is 1.95. The van der Waals surface area contributed by atoms with E-state index in [9.17, 15) is 10.1 Å². The molecule has 0 unspecified atom stereocenters. The highest BCUT2D eigenvalue weighted by Crippen LogP contribution is 2.32. The molecule has 0 bridgehead atoms. The Balaban J connectivity index is 2.30. The molecule has 0 atom stereocenters. The molecule has 0 saturated carbocycles. The van der Waals surface area contributed by atoms with Crippen molar-refractivity contribution in [3.8, 4) is 11.6 Å². The number of nitro benzene ring substituents is 1. The van der Waals surface area contributed by atoms with Gasteiger partial charge in [0.2, 0.25) is 5.88 Å². The second-order valence-electron chi connectivity index (χ2n) is 3.59. The molecule has 0 saturated heterocycles. The number of hydrogen-bond acceptors (Lipinski definition) is 7. The van der Waals surface area contributed by atoms with E-state index in [-0.39, 0.29) is 28.2 Å². The summed E-state index contributed by atoms with van der Waals surface area (Å²) in [6.07, 6.45) is 1.80. The highest BCUT2D eigenvalue weighted by Gasteiger charge is 2.12. The van der Waals surface area contributed by atoms with Crippen LogP contribution in [-0.4, -0.2) is 21.1 Å². The third-order valence-corrected chi connectivity index (χ3v) is 3.07. The minimum absolute atomic E-state index is 0.113. The number of thioether (sulfide) groups is 1. The summed E-state index contributed by atoms with van der Waals surface area (Å²) in [5.74, 6) is 0.734. The van der Waals surface area contributed by atoms with E-state index in [2.05, 4.69) is 9.97 Å². The molecule has 20 heavy (non-hydrogen) atoms. The second kappa shape index (κ2) is 5.93. The van der Waals surface area contributed by atoms with Crippen LogP contribution in [0.3, 0.4) is 0 Å². The quantitative estimate of drug-likeness (QED) is 0.400. The number of halogens is 1. The van der Waals surface area contributed by atoms with Crippen molar-refractivity contribution in [1.29, 1.82) is 0 Å². The van der Waals surface area contributed by atoms with Crippen LogP contribution in [-0.2, 0) is 0 Å². The van der Waals surface area contributed by atoms with Crippen molar-refractivity contribution < 1.29 is 9.66 Å². The molecule has 7 nitrogen and oxygen atoms in total. The smallest absolute Gasteiger partial charge is 0.271 e. The number of anilines is 1. The number of non-ortho nitro benzene ring substituents is 1. The van der Waals surface area contributed by atoms with Crippen molar-refractivity contribution in [1.82, 2.24) is 9.97 Å². The molecule has 0 amide bonds. The van der Waals surface area contributed by atoms with Crippen LogP contribution in [0.25, 0.3) is 0 Å². The lowest BCUT2D eigenvalue weighted by Gasteiger charge is -2.07. The third kappa shape index (κ3) is 3.28. The van der Waals surface area contributed by atoms with Crippen LogP contribution < -0.4 is 10.5 Å². The van der Waals surface area contributed by atoms with Crippen LogP contribution in [0.4, 0.5) is 11.5 Å². The van der Waals surface area contributed by atoms with Gasteiger partial charge in [-0.15, -0.1) is 0 Å². The zero-order valence-electron chi connectivity index (χ0n) is 10.2. The van der Waals surface area contributed by atoms with Crippen molar-refractivity contribution in [3.05, 3.63) is 39.4 Å². The summed E-state index contributed by atoms with van der Waals surface area (Å²) in [4.78, 5) is 18.2. The average molecular weight is 313 g/mol. The molecule has 2 rings (SSSR count). The molecular weight excluding hydrogens is 304 g/mol. The Bertz CT molecular complexity index is 668. The van der Waals surface area contributed by atoms with Gasteiger partial charge in [0.25, 0.3) is 5.69 Å². The number of aromatic nitrogens is 2. The number of benzene rings is 1. The predicted octanol–water partition coefficient (Wildman–Crippen LogP) is 3.13. The van der Waals surface area contributed by atoms with Crippen LogP contribution in [0.5, 0.6) is 11.6 Å². The zero-order valence-corrected chi connectivity index (χ0v) is 11.8. The summed E-state index contributed by atoms with van der Waals surface area (Å²) < 4.78 is 5.47. The SMILES string of the molecule is CSc1nc(N)cc(Oc2ccc([N+](=O)[O-])cc2Cl)n1. The van der Waals surface area contributed by atoms with E-state index in [0.29, 0.717) is 5.16 Å². The summed E-state index contributed by atoms with van der Waals surface area (Å²) in [5, 5.41) is 11.2. The summed E-state index contributed by atoms with van der Waals surface area (Å²) >= 11 is 7.24. The van der Waals surface area contributed by atoms with Crippen molar-refractivity contribution in [3.63, 3.8) is 0 Å². The molecule has 1 aromatic heterocycles. The van der Waals surface area contributed by atoms with Gasteiger partial charge in [-0.25, -0.2) is 4.98 Å². The van der Waals surface area contributed by atoms with Crippen LogP contribution in [0.2, 0.25) is 5.02 Å². The summed E-state index contributed by atoms with van der Waals surface area (Å²) in [6, 6.07) is 5.34. The number of nitrogen functional groups attached to an aromatic ring is 1. The van der Waals surface area contributed by atoms with E-state index in [4.69, 9.17) is 22.1 Å². The van der Waals surface area contributed by atoms with Crippen LogP contribution in [0.15, 0.2) is 29.4 Å². The number of hydrogen-bond donors (Lipinski definition) is 1. The molecule has 9 heteroatoms. The first-order valence-electron chi connectivity index (χ1n) is 5.30. The lowest BCUT2D eigenvalue weighted by atomic mass is 10.3. The third-order valence-electron chi connectivity index (χ3n) is 2.23. The Morgan fingerprint density at radius 3 is 2.75 bits per heavy atom. The lowest BCUT2D eigenvalue weighted by Crippen LogP contribution is -1.97. The van der Waals surface area contributed by atoms with Gasteiger partial charge in [0, 0.05) is 18.2 Å². The van der Waals surface area contributed by atoms with Crippen LogP contribution in [0, 0.1) is 10.1 Å². The number of nitrogens with two attached hydrogens (primary N) is 1. The fourth-order valence-electron chi connectivity index (χ4n) is 1.36. The number of ether oxygens (including phenoxy) is 1. The van der Waals surface area contributed by atoms with Gasteiger partial charge >= 0.3 is 0 Å². The Labute approximate surface area is 123 Å². The maximum absolute atomic E-state index is 10.6. The molecule has 2 N–H and O–H groups in total. The Morgan fingerprint density at radius 1 is 1.40 bits per heavy atom. The summed E-state index contributed by atoms with van der Waals surface area (Å²) in [7, 11) is 0. The topological polar surface area (TPSA) is 104 Å². The van der Waals surface area contributed by atoms with E-state index >= 15 is 0 Å². The minimum Gasteiger partial charge on any atom is -0.437 e. The molecule has 1 aromatic carbocycles. The van der Waals surface area contributed by atoms with Gasteiger partial charge < -0.3 is 10.5 Å². The van der Waals surface area contributed by atoms with E-state index in [1.807, 2.05) is 0 Å². The van der Waals surface area contributed by atoms with Gasteiger partial charge in [0.15, 0.2) is 5.16 Å². The molecule has 1 heterocycles. The Morgan fingerprint density at radius 2 is 2.15 bits per heavy atom. The number of nitrogens with zero attached hydrogens (tertiary/aromatic N) is 3. The minimum atomic E-state index is -0.538.